The number of amides is 1. The van der Waals surface area contributed by atoms with E-state index < -0.39 is 11.7 Å². The highest BCUT2D eigenvalue weighted by atomic mass is 19.1. The second kappa shape index (κ2) is 6.91. The first kappa shape index (κ1) is 15.7. The number of aryl methyl sites for hydroxylation is 1. The quantitative estimate of drug-likeness (QED) is 0.778. The van der Waals surface area contributed by atoms with E-state index in [0.717, 1.165) is 5.56 Å². The number of aromatic nitrogens is 2. The van der Waals surface area contributed by atoms with Crippen LogP contribution in [0.25, 0.3) is 11.5 Å². The fraction of sp³-hybridized carbons (Fsp3) is 0.118. The minimum Gasteiger partial charge on any atom is -0.484 e. The number of carbonyl (C=O) groups is 1. The fourth-order valence-electron chi connectivity index (χ4n) is 2.02. The van der Waals surface area contributed by atoms with Crippen LogP contribution < -0.4 is 10.1 Å². The normalized spacial score (nSPS) is 10.4. The van der Waals surface area contributed by atoms with E-state index in [9.17, 15) is 9.18 Å². The topological polar surface area (TPSA) is 77.2 Å². The molecule has 122 valence electrons. The third kappa shape index (κ3) is 3.95. The van der Waals surface area contributed by atoms with Gasteiger partial charge in [0.2, 0.25) is 5.89 Å². The summed E-state index contributed by atoms with van der Waals surface area (Å²) in [4.78, 5) is 11.8. The van der Waals surface area contributed by atoms with Gasteiger partial charge in [-0.2, -0.15) is 0 Å². The van der Waals surface area contributed by atoms with Crippen molar-refractivity contribution in [2.24, 2.45) is 0 Å². The van der Waals surface area contributed by atoms with Gasteiger partial charge in [0, 0.05) is 5.56 Å². The van der Waals surface area contributed by atoms with Crippen LogP contribution in [0.4, 0.5) is 10.4 Å². The molecule has 7 heteroatoms. The van der Waals surface area contributed by atoms with E-state index in [4.69, 9.17) is 9.15 Å². The molecular weight excluding hydrogens is 313 g/mol. The number of carbonyl (C=O) groups excluding carboxylic acids is 1. The minimum atomic E-state index is -0.439. The Bertz CT molecular complexity index is 864. The molecule has 3 rings (SSSR count). The van der Waals surface area contributed by atoms with Gasteiger partial charge in [-0.3, -0.25) is 10.1 Å². The van der Waals surface area contributed by atoms with Gasteiger partial charge in [0.1, 0.15) is 11.6 Å². The van der Waals surface area contributed by atoms with Gasteiger partial charge in [0.15, 0.2) is 6.61 Å². The minimum absolute atomic E-state index is 0.0768. The van der Waals surface area contributed by atoms with Crippen LogP contribution in [0.2, 0.25) is 0 Å². The summed E-state index contributed by atoms with van der Waals surface area (Å²) >= 11 is 0. The molecule has 0 atom stereocenters. The molecule has 1 amide bonds. The summed E-state index contributed by atoms with van der Waals surface area (Å²) in [5.74, 6) is -0.144. The highest BCUT2D eigenvalue weighted by molar-refractivity contribution is 5.89. The number of rotatable bonds is 5. The fourth-order valence-corrected chi connectivity index (χ4v) is 2.02. The van der Waals surface area contributed by atoms with Crippen LogP contribution in [0.1, 0.15) is 5.56 Å². The van der Waals surface area contributed by atoms with E-state index in [0.29, 0.717) is 11.3 Å². The van der Waals surface area contributed by atoms with Crippen molar-refractivity contribution in [1.29, 1.82) is 0 Å². The van der Waals surface area contributed by atoms with Gasteiger partial charge in [0.25, 0.3) is 5.91 Å². The number of ether oxygens (including phenoxy) is 1. The van der Waals surface area contributed by atoms with E-state index in [1.807, 2.05) is 25.1 Å². The van der Waals surface area contributed by atoms with Crippen LogP contribution in [0.3, 0.4) is 0 Å². The number of halogens is 1. The molecule has 2 aromatic carbocycles. The molecule has 0 aliphatic carbocycles. The van der Waals surface area contributed by atoms with Gasteiger partial charge < -0.3 is 9.15 Å². The second-order valence-electron chi connectivity index (χ2n) is 5.08. The molecule has 0 radical (unpaired) electrons. The molecule has 0 aliphatic heterocycles. The number of hydrogen-bond acceptors (Lipinski definition) is 5. The number of nitrogens with zero attached hydrogens (tertiary/aromatic N) is 2. The molecule has 0 aliphatic rings. The summed E-state index contributed by atoms with van der Waals surface area (Å²) in [6.07, 6.45) is 0. The molecular formula is C17H14FN3O3. The molecule has 1 N–H and O–H groups in total. The first-order valence-corrected chi connectivity index (χ1v) is 7.19. The number of benzene rings is 2. The van der Waals surface area contributed by atoms with Crippen LogP contribution in [0, 0.1) is 12.7 Å². The molecule has 1 aromatic heterocycles. The second-order valence-corrected chi connectivity index (χ2v) is 5.08. The third-order valence-corrected chi connectivity index (χ3v) is 3.10. The van der Waals surface area contributed by atoms with E-state index in [-0.39, 0.29) is 18.5 Å². The van der Waals surface area contributed by atoms with Crippen molar-refractivity contribution >= 4 is 11.9 Å². The summed E-state index contributed by atoms with van der Waals surface area (Å²) in [5.41, 5.74) is 1.46. The number of nitrogens with one attached hydrogen (secondary N) is 1. The number of anilines is 1. The zero-order valence-corrected chi connectivity index (χ0v) is 12.8. The van der Waals surface area contributed by atoms with Crippen molar-refractivity contribution in [2.75, 3.05) is 11.9 Å². The van der Waals surface area contributed by atoms with Crippen molar-refractivity contribution in [1.82, 2.24) is 10.2 Å². The van der Waals surface area contributed by atoms with Crippen LogP contribution in [-0.4, -0.2) is 22.7 Å². The van der Waals surface area contributed by atoms with Gasteiger partial charge in [-0.25, -0.2) is 4.39 Å². The Morgan fingerprint density at radius 2 is 2.04 bits per heavy atom. The van der Waals surface area contributed by atoms with E-state index >= 15 is 0 Å². The highest BCUT2D eigenvalue weighted by Gasteiger charge is 2.12. The molecule has 3 aromatic rings. The summed E-state index contributed by atoms with van der Waals surface area (Å²) < 4.78 is 23.9. The van der Waals surface area contributed by atoms with Crippen LogP contribution >= 0.6 is 0 Å². The molecule has 1 heterocycles. The maximum atomic E-state index is 13.2. The third-order valence-electron chi connectivity index (χ3n) is 3.10. The van der Waals surface area contributed by atoms with Crippen LogP contribution in [-0.2, 0) is 4.79 Å². The molecule has 0 unspecified atom stereocenters. The first-order chi connectivity index (χ1) is 11.6. The largest absolute Gasteiger partial charge is 0.484 e. The van der Waals surface area contributed by atoms with Crippen molar-refractivity contribution < 1.29 is 18.3 Å². The van der Waals surface area contributed by atoms with Crippen molar-refractivity contribution in [2.45, 2.75) is 6.92 Å². The Balaban J connectivity index is 1.59. The lowest BCUT2D eigenvalue weighted by Gasteiger charge is -2.05. The van der Waals surface area contributed by atoms with Gasteiger partial charge in [0.05, 0.1) is 0 Å². The molecule has 6 nitrogen and oxygen atoms in total. The Labute approximate surface area is 137 Å². The summed E-state index contributed by atoms with van der Waals surface area (Å²) in [5, 5.41) is 9.91. The zero-order valence-electron chi connectivity index (χ0n) is 12.8. The molecule has 0 bridgehead atoms. The van der Waals surface area contributed by atoms with E-state index in [1.165, 1.54) is 18.2 Å². The smallest absolute Gasteiger partial charge is 0.322 e. The zero-order chi connectivity index (χ0) is 16.9. The predicted octanol–water partition coefficient (Wildman–Crippen LogP) is 3.20. The van der Waals surface area contributed by atoms with Crippen LogP contribution in [0.5, 0.6) is 5.75 Å². The Morgan fingerprint density at radius 3 is 2.83 bits per heavy atom. The molecule has 0 saturated carbocycles. The molecule has 0 saturated heterocycles. The highest BCUT2D eigenvalue weighted by Crippen LogP contribution is 2.20. The van der Waals surface area contributed by atoms with Crippen molar-refractivity contribution in [3.05, 3.63) is 59.9 Å². The molecule has 24 heavy (non-hydrogen) atoms. The average Bonchev–Trinajstić information content (AvgIpc) is 3.01. The van der Waals surface area contributed by atoms with E-state index in [1.54, 1.807) is 12.1 Å². The predicted molar refractivity (Wildman–Crippen MR) is 85.0 cm³/mol. The first-order valence-electron chi connectivity index (χ1n) is 7.19. The number of hydrogen-bond donors (Lipinski definition) is 1. The molecule has 0 fully saturated rings. The van der Waals surface area contributed by atoms with Crippen molar-refractivity contribution in [3.8, 4) is 17.2 Å². The van der Waals surface area contributed by atoms with Gasteiger partial charge >= 0.3 is 6.01 Å². The molecule has 0 spiro atoms. The Kier molecular flexibility index (Phi) is 4.51. The monoisotopic (exact) mass is 327 g/mol. The standard InChI is InChI=1S/C17H14FN3O3/c1-11-4-2-7-14(8-11)23-10-15(22)19-17-21-20-16(24-17)12-5-3-6-13(18)9-12/h2-9H,10H2,1H3,(H,19,21,22). The van der Waals surface area contributed by atoms with E-state index in [2.05, 4.69) is 15.5 Å². The van der Waals surface area contributed by atoms with Gasteiger partial charge in [-0.1, -0.05) is 23.3 Å². The SMILES string of the molecule is Cc1cccc(OCC(=O)Nc2nnc(-c3cccc(F)c3)o2)c1. The lowest BCUT2D eigenvalue weighted by Crippen LogP contribution is -2.20. The maximum Gasteiger partial charge on any atom is 0.322 e. The summed E-state index contributed by atoms with van der Waals surface area (Å²) in [6, 6.07) is 13.0. The average molecular weight is 327 g/mol. The summed E-state index contributed by atoms with van der Waals surface area (Å²) in [7, 11) is 0. The van der Waals surface area contributed by atoms with Crippen molar-refractivity contribution in [3.63, 3.8) is 0 Å². The Morgan fingerprint density at radius 1 is 1.21 bits per heavy atom. The van der Waals surface area contributed by atoms with Gasteiger partial charge in [-0.15, -0.1) is 5.10 Å². The van der Waals surface area contributed by atoms with Gasteiger partial charge in [-0.05, 0) is 42.8 Å². The summed E-state index contributed by atoms with van der Waals surface area (Å²) in [6.45, 7) is 1.74. The van der Waals surface area contributed by atoms with Crippen LogP contribution in [0.15, 0.2) is 52.9 Å². The lowest BCUT2D eigenvalue weighted by molar-refractivity contribution is -0.118. The maximum absolute atomic E-state index is 13.2. The Hall–Kier alpha value is -3.22. The lowest BCUT2D eigenvalue weighted by atomic mass is 10.2.